The number of aromatic nitrogens is 1. The fourth-order valence-electron chi connectivity index (χ4n) is 0.448. The molecule has 1 N–H and O–H groups in total. The van der Waals surface area contributed by atoms with Crippen LogP contribution in [-0.2, 0) is 0 Å². The maximum absolute atomic E-state index is 5.50. The zero-order valence-corrected chi connectivity index (χ0v) is 14.6. The van der Waals surface area contributed by atoms with E-state index in [1.54, 1.807) is 6.20 Å². The van der Waals surface area contributed by atoms with Crippen molar-refractivity contribution in [3.8, 4) is 0 Å². The second kappa shape index (κ2) is 54.7. The van der Waals surface area contributed by atoms with Crippen molar-refractivity contribution in [2.75, 3.05) is 0 Å². The van der Waals surface area contributed by atoms with Gasteiger partial charge in [0.15, 0.2) is 0 Å². The lowest BCUT2D eigenvalue weighted by Crippen LogP contribution is -1.69. The molecule has 1 rings (SSSR count). The van der Waals surface area contributed by atoms with Crippen molar-refractivity contribution in [2.24, 2.45) is 0 Å². The lowest BCUT2D eigenvalue weighted by molar-refractivity contribution is 1.27. The Morgan fingerprint density at radius 3 is 1.42 bits per heavy atom. The van der Waals surface area contributed by atoms with Crippen LogP contribution in [0.1, 0.15) is 61.0 Å². The number of hydrogen-bond donors (Lipinski definition) is 1. The summed E-state index contributed by atoms with van der Waals surface area (Å²) in [7, 11) is 0. The first-order valence-electron chi connectivity index (χ1n) is 7.10. The zero-order valence-electron chi connectivity index (χ0n) is 14.6. The van der Waals surface area contributed by atoms with Gasteiger partial charge in [0.1, 0.15) is 0 Å². The molecule has 0 aliphatic heterocycles. The molecule has 0 saturated carbocycles. The van der Waals surface area contributed by atoms with Gasteiger partial charge in [-0.2, -0.15) is 0 Å². The number of hydrogen-bond acceptors (Lipinski definition) is 2. The van der Waals surface area contributed by atoms with Gasteiger partial charge in [0.25, 0.3) is 0 Å². The van der Waals surface area contributed by atoms with Gasteiger partial charge in [-0.15, -0.1) is 0 Å². The summed E-state index contributed by atoms with van der Waals surface area (Å²) < 4.78 is 0. The van der Waals surface area contributed by atoms with Crippen molar-refractivity contribution >= 4 is 6.72 Å². The number of pyridine rings is 1. The van der Waals surface area contributed by atoms with Gasteiger partial charge in [0, 0.05) is 12.4 Å². The molecule has 1 aromatic rings. The average molecular weight is 268 g/mol. The third-order valence-corrected chi connectivity index (χ3v) is 1.14. The highest BCUT2D eigenvalue weighted by atomic mass is 14.6. The fraction of sp³-hybridized carbons (Fsp3) is 0.529. The number of aryl methyl sites for hydroxylation is 1. The van der Waals surface area contributed by atoms with Crippen molar-refractivity contribution in [3.05, 3.63) is 42.2 Å². The molecule has 114 valence electrons. The Kier molecular flexibility index (Phi) is 87.9. The van der Waals surface area contributed by atoms with Crippen LogP contribution >= 0.6 is 0 Å². The summed E-state index contributed by atoms with van der Waals surface area (Å²) in [5.74, 6) is 0. The topological polar surface area (TPSA) is 36.7 Å². The SMILES string of the molecule is C/C=C/C.C=N.CC.CC.CC.Cc1cccnc1. The third-order valence-electron chi connectivity index (χ3n) is 1.14. The molecule has 0 saturated heterocycles. The summed E-state index contributed by atoms with van der Waals surface area (Å²) in [6.45, 7) is 20.5. The minimum atomic E-state index is 1.21. The van der Waals surface area contributed by atoms with Crippen molar-refractivity contribution in [2.45, 2.75) is 62.3 Å². The molecule has 0 aromatic carbocycles. The number of allylic oxidation sites excluding steroid dienone is 2. The van der Waals surface area contributed by atoms with Crippen molar-refractivity contribution in [1.29, 1.82) is 5.41 Å². The highest BCUT2D eigenvalue weighted by molar-refractivity contribution is 5.15. The Balaban J connectivity index is -0.0000000475. The summed E-state index contributed by atoms with van der Waals surface area (Å²) in [5.41, 5.74) is 1.21. The van der Waals surface area contributed by atoms with E-state index in [0.717, 1.165) is 0 Å². The minimum Gasteiger partial charge on any atom is -0.317 e. The van der Waals surface area contributed by atoms with E-state index >= 15 is 0 Å². The molecular weight excluding hydrogens is 232 g/mol. The Morgan fingerprint density at radius 2 is 1.32 bits per heavy atom. The van der Waals surface area contributed by atoms with Crippen LogP contribution in [0.3, 0.4) is 0 Å². The molecule has 0 bridgehead atoms. The van der Waals surface area contributed by atoms with Gasteiger partial charge in [-0.05, 0) is 39.1 Å². The first kappa shape index (κ1) is 30.5. The quantitative estimate of drug-likeness (QED) is 0.434. The van der Waals surface area contributed by atoms with Crippen LogP contribution in [-0.4, -0.2) is 11.7 Å². The first-order chi connectivity index (χ1) is 9.31. The Hall–Kier alpha value is -1.44. The Morgan fingerprint density at radius 1 is 0.947 bits per heavy atom. The first-order valence-corrected chi connectivity index (χ1v) is 7.10. The van der Waals surface area contributed by atoms with Crippen LogP contribution in [0.5, 0.6) is 0 Å². The molecule has 0 spiro atoms. The van der Waals surface area contributed by atoms with E-state index in [0.29, 0.717) is 0 Å². The van der Waals surface area contributed by atoms with Crippen LogP contribution in [0.4, 0.5) is 0 Å². The van der Waals surface area contributed by atoms with Crippen LogP contribution < -0.4 is 0 Å². The van der Waals surface area contributed by atoms with Gasteiger partial charge < -0.3 is 5.41 Å². The predicted molar refractivity (Wildman–Crippen MR) is 93.3 cm³/mol. The van der Waals surface area contributed by atoms with E-state index in [2.05, 4.69) is 11.7 Å². The number of nitrogens with one attached hydrogen (secondary N) is 1. The maximum Gasteiger partial charge on any atom is 0.0297 e. The van der Waals surface area contributed by atoms with E-state index in [1.165, 1.54) is 5.56 Å². The molecule has 0 aliphatic rings. The lowest BCUT2D eigenvalue weighted by Gasteiger charge is -1.82. The fourth-order valence-corrected chi connectivity index (χ4v) is 0.448. The molecule has 0 radical (unpaired) electrons. The zero-order chi connectivity index (χ0) is 16.5. The Bertz CT molecular complexity index is 202. The Labute approximate surface area is 122 Å². The van der Waals surface area contributed by atoms with E-state index in [-0.39, 0.29) is 0 Å². The lowest BCUT2D eigenvalue weighted by atomic mass is 10.3. The molecule has 2 nitrogen and oxygen atoms in total. The van der Waals surface area contributed by atoms with Crippen LogP contribution in [0.25, 0.3) is 0 Å². The standard InChI is InChI=1S/C6H7N.C4H8.3C2H6.CH3N/c1-6-3-2-4-7-5-6;1-3-4-2;4*1-2/h2-5H,1H3;3-4H,1-2H3;3*1-2H3;2H,1H2/b;4-3+;;;;. The second-order valence-electron chi connectivity index (χ2n) is 2.20. The summed E-state index contributed by atoms with van der Waals surface area (Å²) in [5, 5.41) is 5.50. The van der Waals surface area contributed by atoms with Crippen molar-refractivity contribution in [3.63, 3.8) is 0 Å². The summed E-state index contributed by atoms with van der Waals surface area (Å²) in [6, 6.07) is 3.95. The van der Waals surface area contributed by atoms with Gasteiger partial charge in [-0.3, -0.25) is 4.98 Å². The normalized spacial score (nSPS) is 6.37. The van der Waals surface area contributed by atoms with Crippen molar-refractivity contribution < 1.29 is 0 Å². The van der Waals surface area contributed by atoms with Gasteiger partial charge in [-0.1, -0.05) is 59.8 Å². The molecule has 2 heteroatoms. The molecule has 1 heterocycles. The molecule has 19 heavy (non-hydrogen) atoms. The van der Waals surface area contributed by atoms with Gasteiger partial charge in [0.2, 0.25) is 0 Å². The molecular formula is C17H36N2. The van der Waals surface area contributed by atoms with E-state index < -0.39 is 0 Å². The smallest absolute Gasteiger partial charge is 0.0297 e. The molecule has 0 fully saturated rings. The molecule has 1 aromatic heterocycles. The van der Waals surface area contributed by atoms with Crippen LogP contribution in [0.2, 0.25) is 0 Å². The summed E-state index contributed by atoms with van der Waals surface area (Å²) in [4.78, 5) is 3.88. The van der Waals surface area contributed by atoms with Crippen LogP contribution in [0, 0.1) is 12.3 Å². The average Bonchev–Trinajstić information content (AvgIpc) is 2.56. The van der Waals surface area contributed by atoms with Crippen LogP contribution in [0.15, 0.2) is 36.7 Å². The van der Waals surface area contributed by atoms with Gasteiger partial charge in [-0.25, -0.2) is 0 Å². The van der Waals surface area contributed by atoms with Gasteiger partial charge in [0.05, 0.1) is 0 Å². The number of nitrogens with zero attached hydrogens (tertiary/aromatic N) is 1. The summed E-state index contributed by atoms with van der Waals surface area (Å²) >= 11 is 0. The highest BCUT2D eigenvalue weighted by Crippen LogP contribution is 1.88. The van der Waals surface area contributed by atoms with Gasteiger partial charge >= 0.3 is 0 Å². The van der Waals surface area contributed by atoms with Crippen molar-refractivity contribution in [1.82, 2.24) is 4.98 Å². The van der Waals surface area contributed by atoms with E-state index in [1.807, 2.05) is 92.8 Å². The number of rotatable bonds is 0. The molecule has 0 amide bonds. The van der Waals surface area contributed by atoms with E-state index in [4.69, 9.17) is 5.41 Å². The minimum absolute atomic E-state index is 1.21. The second-order valence-corrected chi connectivity index (χ2v) is 2.20. The monoisotopic (exact) mass is 268 g/mol. The highest BCUT2D eigenvalue weighted by Gasteiger charge is 1.73. The predicted octanol–water partition coefficient (Wildman–Crippen LogP) is 6.32. The van der Waals surface area contributed by atoms with E-state index in [9.17, 15) is 0 Å². The third kappa shape index (κ3) is 61.4. The molecule has 0 aliphatic carbocycles. The largest absolute Gasteiger partial charge is 0.317 e. The maximum atomic E-state index is 5.50. The summed E-state index contributed by atoms with van der Waals surface area (Å²) in [6.07, 6.45) is 7.60. The molecule has 0 atom stereocenters. The molecule has 0 unspecified atom stereocenters.